The van der Waals surface area contributed by atoms with Crippen molar-refractivity contribution in [2.75, 3.05) is 28.6 Å². The predicted octanol–water partition coefficient (Wildman–Crippen LogP) is 6.14. The average Bonchev–Trinajstić information content (AvgIpc) is 2.80. The fourth-order valence-electron chi connectivity index (χ4n) is 3.97. The molecule has 0 bridgehead atoms. The first kappa shape index (κ1) is 21.9. The van der Waals surface area contributed by atoms with Crippen molar-refractivity contribution < 1.29 is 9.59 Å². The lowest BCUT2D eigenvalue weighted by molar-refractivity contribution is 0.101. The minimum absolute atomic E-state index is 0.204. The molecule has 1 aliphatic rings. The number of anilines is 3. The largest absolute Gasteiger partial charge is 0.371 e. The van der Waals surface area contributed by atoms with E-state index in [1.165, 1.54) is 6.42 Å². The summed E-state index contributed by atoms with van der Waals surface area (Å²) in [5, 5.41) is 6.26. The Bertz CT molecular complexity index is 1140. The summed E-state index contributed by atoms with van der Waals surface area (Å²) in [5.74, 6) is -0.517. The molecule has 0 aliphatic carbocycles. The van der Waals surface area contributed by atoms with Crippen LogP contribution in [0.15, 0.2) is 66.7 Å². The van der Waals surface area contributed by atoms with Crippen molar-refractivity contribution in [3.8, 4) is 0 Å². The first-order chi connectivity index (χ1) is 15.5. The van der Waals surface area contributed by atoms with Crippen molar-refractivity contribution in [3.05, 3.63) is 88.4 Å². The number of carbonyl (C=O) groups excluding carboxylic acids is 2. The summed E-state index contributed by atoms with van der Waals surface area (Å²) in [6.07, 6.45) is 3.40. The van der Waals surface area contributed by atoms with E-state index < -0.39 is 0 Å². The Labute approximate surface area is 193 Å². The highest BCUT2D eigenvalue weighted by Gasteiger charge is 2.20. The molecule has 0 radical (unpaired) electrons. The van der Waals surface area contributed by atoms with E-state index in [0.717, 1.165) is 42.9 Å². The van der Waals surface area contributed by atoms with Gasteiger partial charge in [0.25, 0.3) is 11.8 Å². The molecule has 4 rings (SSSR count). The van der Waals surface area contributed by atoms with Gasteiger partial charge in [0.15, 0.2) is 0 Å². The lowest BCUT2D eigenvalue weighted by Gasteiger charge is -2.30. The summed E-state index contributed by atoms with van der Waals surface area (Å²) in [6, 6.07) is 20.1. The molecule has 1 fully saturated rings. The van der Waals surface area contributed by atoms with Crippen molar-refractivity contribution in [2.45, 2.75) is 26.2 Å². The quantitative estimate of drug-likeness (QED) is 0.493. The second kappa shape index (κ2) is 9.88. The van der Waals surface area contributed by atoms with E-state index >= 15 is 0 Å². The van der Waals surface area contributed by atoms with Crippen LogP contribution in [0.3, 0.4) is 0 Å². The van der Waals surface area contributed by atoms with Gasteiger partial charge in [-0.15, -0.1) is 0 Å². The van der Waals surface area contributed by atoms with Crippen molar-refractivity contribution in [1.82, 2.24) is 0 Å². The molecule has 6 heteroatoms. The van der Waals surface area contributed by atoms with E-state index in [1.807, 2.05) is 43.3 Å². The highest BCUT2D eigenvalue weighted by molar-refractivity contribution is 6.34. The van der Waals surface area contributed by atoms with Gasteiger partial charge in [-0.25, -0.2) is 0 Å². The summed E-state index contributed by atoms with van der Waals surface area (Å²) in [5.41, 5.74) is 4.16. The van der Waals surface area contributed by atoms with Gasteiger partial charge in [-0.2, -0.15) is 0 Å². The highest BCUT2D eigenvalue weighted by Crippen LogP contribution is 2.29. The molecule has 0 spiro atoms. The van der Waals surface area contributed by atoms with E-state index in [9.17, 15) is 9.59 Å². The van der Waals surface area contributed by atoms with Crippen LogP contribution in [0.5, 0.6) is 0 Å². The zero-order valence-electron chi connectivity index (χ0n) is 18.0. The summed E-state index contributed by atoms with van der Waals surface area (Å²) in [6.45, 7) is 3.81. The van der Waals surface area contributed by atoms with Gasteiger partial charge >= 0.3 is 0 Å². The van der Waals surface area contributed by atoms with Crippen LogP contribution in [-0.4, -0.2) is 24.9 Å². The molecule has 164 valence electrons. The van der Waals surface area contributed by atoms with Gasteiger partial charge in [-0.1, -0.05) is 35.9 Å². The second-order valence-corrected chi connectivity index (χ2v) is 8.44. The normalized spacial score (nSPS) is 13.5. The summed E-state index contributed by atoms with van der Waals surface area (Å²) >= 11 is 6.17. The van der Waals surface area contributed by atoms with Gasteiger partial charge in [0.1, 0.15) is 0 Å². The number of halogens is 1. The molecular weight excluding hydrogens is 422 g/mol. The molecule has 1 saturated heterocycles. The fraction of sp³-hybridized carbons (Fsp3) is 0.231. The van der Waals surface area contributed by atoms with Crippen LogP contribution in [0.2, 0.25) is 5.02 Å². The maximum absolute atomic E-state index is 13.3. The zero-order chi connectivity index (χ0) is 22.5. The number of piperidine rings is 1. The van der Waals surface area contributed by atoms with Crippen molar-refractivity contribution in [2.24, 2.45) is 0 Å². The van der Waals surface area contributed by atoms with Crippen LogP contribution >= 0.6 is 11.6 Å². The topological polar surface area (TPSA) is 61.4 Å². The third kappa shape index (κ3) is 5.11. The molecule has 1 heterocycles. The maximum atomic E-state index is 13.3. The molecular formula is C26H26ClN3O2. The molecule has 32 heavy (non-hydrogen) atoms. The predicted molar refractivity (Wildman–Crippen MR) is 131 cm³/mol. The average molecular weight is 448 g/mol. The summed E-state index contributed by atoms with van der Waals surface area (Å²) in [4.78, 5) is 28.2. The van der Waals surface area contributed by atoms with E-state index in [4.69, 9.17) is 11.6 Å². The third-order valence-corrected chi connectivity index (χ3v) is 5.92. The number of benzene rings is 3. The first-order valence-corrected chi connectivity index (χ1v) is 11.2. The second-order valence-electron chi connectivity index (χ2n) is 8.04. The Morgan fingerprint density at radius 3 is 2.19 bits per heavy atom. The number of hydrogen-bond donors (Lipinski definition) is 2. The molecule has 0 atom stereocenters. The Kier molecular flexibility index (Phi) is 6.76. The van der Waals surface area contributed by atoms with Gasteiger partial charge < -0.3 is 15.5 Å². The zero-order valence-corrected chi connectivity index (χ0v) is 18.8. The number of nitrogens with one attached hydrogen (secondary N) is 2. The number of carbonyl (C=O) groups is 2. The van der Waals surface area contributed by atoms with Crippen molar-refractivity contribution in [3.63, 3.8) is 0 Å². The Balaban J connectivity index is 1.64. The van der Waals surface area contributed by atoms with Gasteiger partial charge in [0.2, 0.25) is 0 Å². The minimum Gasteiger partial charge on any atom is -0.371 e. The van der Waals surface area contributed by atoms with Crippen LogP contribution in [0, 0.1) is 6.92 Å². The summed E-state index contributed by atoms with van der Waals surface area (Å²) in [7, 11) is 0. The van der Waals surface area contributed by atoms with E-state index in [2.05, 4.69) is 15.5 Å². The minimum atomic E-state index is -0.314. The van der Waals surface area contributed by atoms with Gasteiger partial charge in [-0.05, 0) is 74.2 Å². The molecule has 0 unspecified atom stereocenters. The molecule has 1 aliphatic heterocycles. The molecule has 2 amide bonds. The number of nitrogens with zero attached hydrogens (tertiary/aromatic N) is 1. The Morgan fingerprint density at radius 1 is 0.781 bits per heavy atom. The standard InChI is InChI=1S/C26H26ClN3O2/c1-18-8-7-9-19(16-18)28-26(32)22-17-20(12-13-24(22)30-14-5-2-6-15-30)29-25(31)21-10-3-4-11-23(21)27/h3-4,7-13,16-17H,2,5-6,14-15H2,1H3,(H,28,32)(H,29,31). The molecule has 5 nitrogen and oxygen atoms in total. The summed E-state index contributed by atoms with van der Waals surface area (Å²) < 4.78 is 0. The third-order valence-electron chi connectivity index (χ3n) is 5.59. The smallest absolute Gasteiger partial charge is 0.257 e. The van der Waals surface area contributed by atoms with Gasteiger partial charge in [0, 0.05) is 30.2 Å². The van der Waals surface area contributed by atoms with Crippen molar-refractivity contribution in [1.29, 1.82) is 0 Å². The van der Waals surface area contributed by atoms with E-state index in [1.54, 1.807) is 30.3 Å². The molecule has 3 aromatic rings. The molecule has 3 aromatic carbocycles. The van der Waals surface area contributed by atoms with Crippen LogP contribution in [0.25, 0.3) is 0 Å². The lowest BCUT2D eigenvalue weighted by atomic mass is 10.1. The fourth-order valence-corrected chi connectivity index (χ4v) is 4.19. The SMILES string of the molecule is Cc1cccc(NC(=O)c2cc(NC(=O)c3ccccc3Cl)ccc2N2CCCCC2)c1. The van der Waals surface area contributed by atoms with Crippen LogP contribution in [0.4, 0.5) is 17.1 Å². The first-order valence-electron chi connectivity index (χ1n) is 10.8. The van der Waals surface area contributed by atoms with E-state index in [-0.39, 0.29) is 11.8 Å². The maximum Gasteiger partial charge on any atom is 0.257 e. The molecule has 0 saturated carbocycles. The Morgan fingerprint density at radius 2 is 1.47 bits per heavy atom. The number of amides is 2. The monoisotopic (exact) mass is 447 g/mol. The lowest BCUT2D eigenvalue weighted by Crippen LogP contribution is -2.31. The highest BCUT2D eigenvalue weighted by atomic mass is 35.5. The molecule has 2 N–H and O–H groups in total. The number of hydrogen-bond acceptors (Lipinski definition) is 3. The van der Waals surface area contributed by atoms with E-state index in [0.29, 0.717) is 21.8 Å². The number of aryl methyl sites for hydroxylation is 1. The number of rotatable bonds is 5. The van der Waals surface area contributed by atoms with Gasteiger partial charge in [-0.3, -0.25) is 9.59 Å². The van der Waals surface area contributed by atoms with Crippen LogP contribution in [0.1, 0.15) is 45.5 Å². The Hall–Kier alpha value is -3.31. The molecule has 0 aromatic heterocycles. The van der Waals surface area contributed by atoms with Gasteiger partial charge in [0.05, 0.1) is 16.1 Å². The van der Waals surface area contributed by atoms with Crippen LogP contribution in [-0.2, 0) is 0 Å². The van der Waals surface area contributed by atoms with Crippen molar-refractivity contribution >= 4 is 40.5 Å². The van der Waals surface area contributed by atoms with Crippen LogP contribution < -0.4 is 15.5 Å².